The molecule has 0 fully saturated rings. The Morgan fingerprint density at radius 3 is 2.25 bits per heavy atom. The van der Waals surface area contributed by atoms with Gasteiger partial charge in [0.15, 0.2) is 0 Å². The average Bonchev–Trinajstić information content (AvgIpc) is 3.16. The maximum atomic E-state index is 13.3. The number of halogens is 1. The molecule has 0 bridgehead atoms. The van der Waals surface area contributed by atoms with Crippen molar-refractivity contribution in [3.63, 3.8) is 0 Å². The van der Waals surface area contributed by atoms with Gasteiger partial charge in [-0.25, -0.2) is 13.8 Å². The zero-order valence-electron chi connectivity index (χ0n) is 19.8. The van der Waals surface area contributed by atoms with Gasteiger partial charge in [0, 0.05) is 17.0 Å². The maximum absolute atomic E-state index is 13.3. The van der Waals surface area contributed by atoms with Gasteiger partial charge in [-0.3, -0.25) is 9.10 Å². The van der Waals surface area contributed by atoms with Gasteiger partial charge in [0.25, 0.3) is 15.9 Å². The number of hydrogen-bond donors (Lipinski definition) is 1. The molecule has 0 aliphatic heterocycles. The van der Waals surface area contributed by atoms with Crippen LogP contribution in [0.15, 0.2) is 101 Å². The summed E-state index contributed by atoms with van der Waals surface area (Å²) in [6.45, 7) is 3.46. The summed E-state index contributed by atoms with van der Waals surface area (Å²) in [5.74, 6) is -0.575. The van der Waals surface area contributed by atoms with Crippen LogP contribution < -0.4 is 9.73 Å². The first kappa shape index (κ1) is 25.2. The molecule has 1 aromatic heterocycles. The Bertz CT molecular complexity index is 1500. The predicted molar refractivity (Wildman–Crippen MR) is 143 cm³/mol. The number of hydrazone groups is 1. The summed E-state index contributed by atoms with van der Waals surface area (Å²) >= 11 is 6.37. The van der Waals surface area contributed by atoms with Crippen LogP contribution in [0.25, 0.3) is 5.69 Å². The summed E-state index contributed by atoms with van der Waals surface area (Å²) in [6.07, 6.45) is 1.53. The van der Waals surface area contributed by atoms with E-state index in [4.69, 9.17) is 11.6 Å². The molecule has 0 aliphatic carbocycles. The monoisotopic (exact) mass is 520 g/mol. The summed E-state index contributed by atoms with van der Waals surface area (Å²) in [5, 5.41) is 4.70. The SMILES string of the molecule is Cc1cc(/C=N/NC(=O)CN(c2ccccc2)S(=O)(=O)c2ccccc2)c(C)n1-c1ccccc1Cl. The summed E-state index contributed by atoms with van der Waals surface area (Å²) in [6, 6.07) is 26.0. The minimum absolute atomic E-state index is 0.0946. The number of para-hydroxylation sites is 2. The zero-order chi connectivity index (χ0) is 25.7. The lowest BCUT2D eigenvalue weighted by molar-refractivity contribution is -0.119. The normalized spacial score (nSPS) is 11.5. The summed E-state index contributed by atoms with van der Waals surface area (Å²) in [5.41, 5.74) is 6.33. The van der Waals surface area contributed by atoms with Crippen molar-refractivity contribution in [1.82, 2.24) is 9.99 Å². The van der Waals surface area contributed by atoms with Gasteiger partial charge < -0.3 is 4.57 Å². The third-order valence-corrected chi connectivity index (χ3v) is 7.73. The van der Waals surface area contributed by atoms with Crippen LogP contribution in [0.1, 0.15) is 17.0 Å². The van der Waals surface area contributed by atoms with E-state index in [1.54, 1.807) is 48.5 Å². The van der Waals surface area contributed by atoms with Crippen LogP contribution >= 0.6 is 11.6 Å². The molecular formula is C27H25ClN4O3S. The lowest BCUT2D eigenvalue weighted by Gasteiger charge is -2.23. The Hall–Kier alpha value is -3.88. The fourth-order valence-corrected chi connectivity index (χ4v) is 5.55. The van der Waals surface area contributed by atoms with Crippen molar-refractivity contribution in [3.05, 3.63) is 113 Å². The van der Waals surface area contributed by atoms with E-state index in [1.807, 2.05) is 48.7 Å². The molecule has 3 aromatic carbocycles. The molecule has 0 unspecified atom stereocenters. The Labute approximate surface area is 215 Å². The standard InChI is InChI=1S/C27H25ClN4O3S/c1-20-17-22(21(2)32(20)26-16-10-9-15-25(26)28)18-29-30-27(33)19-31(23-11-5-3-6-12-23)36(34,35)24-13-7-4-8-14-24/h3-18H,19H2,1-2H3,(H,30,33)/b29-18+. The number of hydrogen-bond acceptors (Lipinski definition) is 4. The second-order valence-corrected chi connectivity index (χ2v) is 10.3. The number of carbonyl (C=O) groups is 1. The second-order valence-electron chi connectivity index (χ2n) is 8.07. The van der Waals surface area contributed by atoms with Crippen LogP contribution in [0.5, 0.6) is 0 Å². The van der Waals surface area contributed by atoms with Crippen molar-refractivity contribution in [3.8, 4) is 5.69 Å². The number of nitrogens with zero attached hydrogens (tertiary/aromatic N) is 3. The molecule has 0 spiro atoms. The molecule has 36 heavy (non-hydrogen) atoms. The molecule has 7 nitrogen and oxygen atoms in total. The number of aromatic nitrogens is 1. The summed E-state index contributed by atoms with van der Waals surface area (Å²) in [7, 11) is -3.97. The minimum Gasteiger partial charge on any atom is -0.316 e. The molecule has 0 saturated heterocycles. The number of anilines is 1. The van der Waals surface area contributed by atoms with Gasteiger partial charge in [-0.15, -0.1) is 0 Å². The quantitative estimate of drug-likeness (QED) is 0.259. The molecule has 9 heteroatoms. The van der Waals surface area contributed by atoms with Crippen molar-refractivity contribution in [2.45, 2.75) is 18.7 Å². The Morgan fingerprint density at radius 1 is 0.972 bits per heavy atom. The summed E-state index contributed by atoms with van der Waals surface area (Å²) in [4.78, 5) is 12.9. The third-order valence-electron chi connectivity index (χ3n) is 5.62. The first-order valence-corrected chi connectivity index (χ1v) is 13.0. The molecule has 1 heterocycles. The van der Waals surface area contributed by atoms with E-state index >= 15 is 0 Å². The number of benzene rings is 3. The highest BCUT2D eigenvalue weighted by Crippen LogP contribution is 2.26. The molecule has 0 radical (unpaired) electrons. The van der Waals surface area contributed by atoms with Crippen molar-refractivity contribution in [2.75, 3.05) is 10.8 Å². The van der Waals surface area contributed by atoms with Gasteiger partial charge in [-0.1, -0.05) is 60.1 Å². The van der Waals surface area contributed by atoms with Crippen molar-refractivity contribution in [1.29, 1.82) is 0 Å². The lowest BCUT2D eigenvalue weighted by Crippen LogP contribution is -2.39. The van der Waals surface area contributed by atoms with Gasteiger partial charge in [-0.05, 0) is 56.3 Å². The third kappa shape index (κ3) is 5.35. The van der Waals surface area contributed by atoms with Crippen LogP contribution in [-0.2, 0) is 14.8 Å². The predicted octanol–water partition coefficient (Wildman–Crippen LogP) is 5.09. The van der Waals surface area contributed by atoms with Gasteiger partial charge >= 0.3 is 0 Å². The van der Waals surface area contributed by atoms with Crippen LogP contribution in [0.3, 0.4) is 0 Å². The van der Waals surface area contributed by atoms with E-state index in [-0.39, 0.29) is 4.90 Å². The van der Waals surface area contributed by atoms with E-state index in [2.05, 4.69) is 10.5 Å². The van der Waals surface area contributed by atoms with Gasteiger partial charge in [-0.2, -0.15) is 5.10 Å². The molecule has 0 saturated carbocycles. The first-order valence-electron chi connectivity index (χ1n) is 11.2. The number of aryl methyl sites for hydroxylation is 1. The molecule has 0 aliphatic rings. The number of amides is 1. The molecule has 4 rings (SSSR count). The molecular weight excluding hydrogens is 496 g/mol. The van der Waals surface area contributed by atoms with Crippen LogP contribution in [0.4, 0.5) is 5.69 Å². The number of nitrogens with one attached hydrogen (secondary N) is 1. The average molecular weight is 521 g/mol. The zero-order valence-corrected chi connectivity index (χ0v) is 21.4. The van der Waals surface area contributed by atoms with Crippen molar-refractivity contribution < 1.29 is 13.2 Å². The molecule has 1 N–H and O–H groups in total. The van der Waals surface area contributed by atoms with Crippen molar-refractivity contribution >= 4 is 39.4 Å². The molecule has 4 aromatic rings. The van der Waals surface area contributed by atoms with Crippen LogP contribution in [0.2, 0.25) is 5.02 Å². The lowest BCUT2D eigenvalue weighted by atomic mass is 10.2. The van der Waals surface area contributed by atoms with Crippen LogP contribution in [0, 0.1) is 13.8 Å². The fourth-order valence-electron chi connectivity index (χ4n) is 3.89. The molecule has 184 valence electrons. The summed E-state index contributed by atoms with van der Waals surface area (Å²) < 4.78 is 29.7. The van der Waals surface area contributed by atoms with E-state index in [0.29, 0.717) is 10.7 Å². The van der Waals surface area contributed by atoms with Crippen LogP contribution in [-0.4, -0.2) is 31.7 Å². The van der Waals surface area contributed by atoms with E-state index in [0.717, 1.165) is 26.9 Å². The Kier molecular flexibility index (Phi) is 7.57. The Morgan fingerprint density at radius 2 is 1.58 bits per heavy atom. The van der Waals surface area contributed by atoms with Gasteiger partial charge in [0.2, 0.25) is 0 Å². The highest BCUT2D eigenvalue weighted by molar-refractivity contribution is 7.92. The fraction of sp³-hybridized carbons (Fsp3) is 0.111. The smallest absolute Gasteiger partial charge is 0.264 e. The van der Waals surface area contributed by atoms with E-state index in [9.17, 15) is 13.2 Å². The topological polar surface area (TPSA) is 83.8 Å². The number of sulfonamides is 1. The number of carbonyl (C=O) groups excluding carboxylic acids is 1. The van der Waals surface area contributed by atoms with E-state index in [1.165, 1.54) is 18.3 Å². The Balaban J connectivity index is 1.54. The number of rotatable bonds is 8. The highest BCUT2D eigenvalue weighted by Gasteiger charge is 2.26. The minimum atomic E-state index is -3.97. The maximum Gasteiger partial charge on any atom is 0.264 e. The molecule has 1 amide bonds. The molecule has 0 atom stereocenters. The largest absolute Gasteiger partial charge is 0.316 e. The van der Waals surface area contributed by atoms with E-state index < -0.39 is 22.5 Å². The van der Waals surface area contributed by atoms with Crippen molar-refractivity contribution in [2.24, 2.45) is 5.10 Å². The highest BCUT2D eigenvalue weighted by atomic mass is 35.5. The van der Waals surface area contributed by atoms with Gasteiger partial charge in [0.05, 0.1) is 27.5 Å². The van der Waals surface area contributed by atoms with Gasteiger partial charge in [0.1, 0.15) is 6.54 Å². The first-order chi connectivity index (χ1) is 17.3. The second kappa shape index (κ2) is 10.8.